The van der Waals surface area contributed by atoms with E-state index in [2.05, 4.69) is 22.9 Å². The molecule has 1 aliphatic carbocycles. The third kappa shape index (κ3) is 5.89. The van der Waals surface area contributed by atoms with Gasteiger partial charge < -0.3 is 10.6 Å². The molecule has 0 radical (unpaired) electrons. The fourth-order valence-corrected chi connectivity index (χ4v) is 4.87. The summed E-state index contributed by atoms with van der Waals surface area (Å²) < 4.78 is 0. The number of piperidine rings is 1. The molecule has 5 amide bonds. The van der Waals surface area contributed by atoms with Gasteiger partial charge in [0.2, 0.25) is 17.7 Å². The molecule has 2 atom stereocenters. The molecule has 2 fully saturated rings. The number of carbonyl (C=O) groups excluding carboxylic acids is 5. The number of imide groups is 2. The van der Waals surface area contributed by atoms with Gasteiger partial charge in [0.1, 0.15) is 6.04 Å². The summed E-state index contributed by atoms with van der Waals surface area (Å²) in [6.07, 6.45) is 8.07. The normalized spacial score (nSPS) is 20.5. The molecule has 4 rings (SSSR count). The van der Waals surface area contributed by atoms with Crippen LogP contribution in [0.4, 0.5) is 5.69 Å². The van der Waals surface area contributed by atoms with Crippen LogP contribution in [0.2, 0.25) is 0 Å². The number of hydrogen-bond acceptors (Lipinski definition) is 6. The van der Waals surface area contributed by atoms with E-state index < -0.39 is 29.7 Å². The first-order valence-corrected chi connectivity index (χ1v) is 12.7. The Hall–Kier alpha value is -3.23. The van der Waals surface area contributed by atoms with Gasteiger partial charge in [-0.3, -0.25) is 34.2 Å². The second kappa shape index (κ2) is 11.0. The predicted octanol–water partition coefficient (Wildman–Crippen LogP) is 2.76. The third-order valence-corrected chi connectivity index (χ3v) is 7.08. The molecule has 0 aromatic heterocycles. The molecule has 0 spiro atoms. The first kappa shape index (κ1) is 24.9. The average molecular weight is 483 g/mol. The van der Waals surface area contributed by atoms with Crippen LogP contribution in [0.1, 0.15) is 91.8 Å². The van der Waals surface area contributed by atoms with Crippen molar-refractivity contribution in [1.29, 1.82) is 0 Å². The van der Waals surface area contributed by atoms with Gasteiger partial charge in [-0.05, 0) is 57.1 Å². The standard InChI is InChI=1S/C26H34N4O5/c1-16(17-11-12-17)28-21(31)10-5-3-2-4-6-15-27-19-9-7-8-18-23(19)26(35)30(25(18)34)20-13-14-22(32)29-24(20)33/h7-9,16-17,20,27H,2-6,10-15H2,1H3,(H,28,31)(H,29,32,33)/t16-,20?/m1/s1. The van der Waals surface area contributed by atoms with E-state index in [1.54, 1.807) is 18.2 Å². The van der Waals surface area contributed by atoms with E-state index in [1.165, 1.54) is 12.8 Å². The minimum atomic E-state index is -0.966. The second-order valence-corrected chi connectivity index (χ2v) is 9.81. The van der Waals surface area contributed by atoms with Crippen LogP contribution in [0.3, 0.4) is 0 Å². The Labute approximate surface area is 205 Å². The molecule has 35 heavy (non-hydrogen) atoms. The summed E-state index contributed by atoms with van der Waals surface area (Å²) in [6.45, 7) is 2.73. The summed E-state index contributed by atoms with van der Waals surface area (Å²) in [4.78, 5) is 62.6. The Morgan fingerprint density at radius 3 is 2.51 bits per heavy atom. The SMILES string of the molecule is C[C@@H](NC(=O)CCCCCCCNc1cccc2c1C(=O)N(C1CCC(=O)NC1=O)C2=O)C1CC1. The Bertz CT molecular complexity index is 1020. The lowest BCUT2D eigenvalue weighted by Crippen LogP contribution is -2.54. The van der Waals surface area contributed by atoms with E-state index in [0.29, 0.717) is 30.6 Å². The fraction of sp³-hybridized carbons (Fsp3) is 0.577. The van der Waals surface area contributed by atoms with Crippen LogP contribution in [0.15, 0.2) is 18.2 Å². The van der Waals surface area contributed by atoms with Gasteiger partial charge in [0, 0.05) is 31.1 Å². The van der Waals surface area contributed by atoms with E-state index in [1.807, 2.05) is 0 Å². The van der Waals surface area contributed by atoms with Crippen molar-refractivity contribution in [3.05, 3.63) is 29.3 Å². The smallest absolute Gasteiger partial charge is 0.264 e. The van der Waals surface area contributed by atoms with Crippen LogP contribution in [-0.4, -0.2) is 53.1 Å². The van der Waals surface area contributed by atoms with E-state index >= 15 is 0 Å². The first-order valence-electron chi connectivity index (χ1n) is 12.7. The molecule has 188 valence electrons. The zero-order valence-corrected chi connectivity index (χ0v) is 20.2. The van der Waals surface area contributed by atoms with Crippen LogP contribution in [0, 0.1) is 5.92 Å². The summed E-state index contributed by atoms with van der Waals surface area (Å²) in [6, 6.07) is 4.40. The number of rotatable bonds is 12. The Morgan fingerprint density at radius 2 is 1.77 bits per heavy atom. The number of fused-ring (bicyclic) bond motifs is 1. The number of nitrogens with zero attached hydrogens (tertiary/aromatic N) is 1. The lowest BCUT2D eigenvalue weighted by Gasteiger charge is -2.27. The van der Waals surface area contributed by atoms with E-state index in [-0.39, 0.29) is 29.9 Å². The molecule has 3 aliphatic rings. The molecule has 0 bridgehead atoms. The highest BCUT2D eigenvalue weighted by Crippen LogP contribution is 2.33. The minimum Gasteiger partial charge on any atom is -0.384 e. The molecule has 9 heteroatoms. The number of unbranched alkanes of at least 4 members (excludes halogenated alkanes) is 4. The molecule has 1 aromatic carbocycles. The summed E-state index contributed by atoms with van der Waals surface area (Å²) in [5, 5.41) is 8.56. The molecular formula is C26H34N4O5. The van der Waals surface area contributed by atoms with Gasteiger partial charge in [0.15, 0.2) is 0 Å². The third-order valence-electron chi connectivity index (χ3n) is 7.08. The van der Waals surface area contributed by atoms with Crippen molar-refractivity contribution in [1.82, 2.24) is 15.5 Å². The molecule has 3 N–H and O–H groups in total. The van der Waals surface area contributed by atoms with Crippen LogP contribution >= 0.6 is 0 Å². The van der Waals surface area contributed by atoms with Crippen molar-refractivity contribution in [3.8, 4) is 0 Å². The van der Waals surface area contributed by atoms with E-state index in [0.717, 1.165) is 37.0 Å². The number of hydrogen-bond donors (Lipinski definition) is 3. The zero-order valence-electron chi connectivity index (χ0n) is 20.2. The van der Waals surface area contributed by atoms with Crippen LogP contribution in [-0.2, 0) is 14.4 Å². The molecule has 1 aromatic rings. The number of anilines is 1. The Balaban J connectivity index is 1.19. The number of benzene rings is 1. The van der Waals surface area contributed by atoms with Gasteiger partial charge in [-0.15, -0.1) is 0 Å². The van der Waals surface area contributed by atoms with Crippen molar-refractivity contribution in [2.45, 2.75) is 83.2 Å². The molecule has 1 saturated carbocycles. The minimum absolute atomic E-state index is 0.0964. The average Bonchev–Trinajstić information content (AvgIpc) is 3.64. The lowest BCUT2D eigenvalue weighted by molar-refractivity contribution is -0.136. The Morgan fingerprint density at radius 1 is 1.03 bits per heavy atom. The second-order valence-electron chi connectivity index (χ2n) is 9.81. The van der Waals surface area contributed by atoms with Gasteiger partial charge in [0.25, 0.3) is 11.8 Å². The van der Waals surface area contributed by atoms with E-state index in [4.69, 9.17) is 0 Å². The molecule has 1 unspecified atom stereocenters. The summed E-state index contributed by atoms with van der Waals surface area (Å²) in [7, 11) is 0. The fourth-order valence-electron chi connectivity index (χ4n) is 4.87. The van der Waals surface area contributed by atoms with Gasteiger partial charge >= 0.3 is 0 Å². The van der Waals surface area contributed by atoms with Crippen molar-refractivity contribution in [3.63, 3.8) is 0 Å². The van der Waals surface area contributed by atoms with Gasteiger partial charge in [-0.25, -0.2) is 0 Å². The molecule has 9 nitrogen and oxygen atoms in total. The number of nitrogens with one attached hydrogen (secondary N) is 3. The van der Waals surface area contributed by atoms with Crippen molar-refractivity contribution < 1.29 is 24.0 Å². The lowest BCUT2D eigenvalue weighted by atomic mass is 10.0. The maximum absolute atomic E-state index is 13.1. The number of amides is 5. The quantitative estimate of drug-likeness (QED) is 0.311. The van der Waals surface area contributed by atoms with Crippen LogP contribution in [0.25, 0.3) is 0 Å². The topological polar surface area (TPSA) is 125 Å². The zero-order chi connectivity index (χ0) is 24.9. The highest BCUT2D eigenvalue weighted by molar-refractivity contribution is 6.25. The van der Waals surface area contributed by atoms with Gasteiger partial charge in [0.05, 0.1) is 11.1 Å². The largest absolute Gasteiger partial charge is 0.384 e. The first-order chi connectivity index (χ1) is 16.9. The summed E-state index contributed by atoms with van der Waals surface area (Å²) in [5.41, 5.74) is 1.14. The summed E-state index contributed by atoms with van der Waals surface area (Å²) >= 11 is 0. The number of carbonyl (C=O) groups is 5. The van der Waals surface area contributed by atoms with E-state index in [9.17, 15) is 24.0 Å². The molecule has 1 saturated heterocycles. The maximum atomic E-state index is 13.1. The van der Waals surface area contributed by atoms with Crippen molar-refractivity contribution in [2.75, 3.05) is 11.9 Å². The van der Waals surface area contributed by atoms with Crippen molar-refractivity contribution >= 4 is 35.2 Å². The van der Waals surface area contributed by atoms with Crippen LogP contribution < -0.4 is 16.0 Å². The molecule has 2 aliphatic heterocycles. The van der Waals surface area contributed by atoms with Crippen molar-refractivity contribution in [2.24, 2.45) is 5.92 Å². The predicted molar refractivity (Wildman–Crippen MR) is 130 cm³/mol. The highest BCUT2D eigenvalue weighted by Gasteiger charge is 2.45. The highest BCUT2D eigenvalue weighted by atomic mass is 16.2. The van der Waals surface area contributed by atoms with Gasteiger partial charge in [-0.2, -0.15) is 0 Å². The summed E-state index contributed by atoms with van der Waals surface area (Å²) in [5.74, 6) is -1.19. The Kier molecular flexibility index (Phi) is 7.83. The van der Waals surface area contributed by atoms with Gasteiger partial charge in [-0.1, -0.05) is 25.3 Å². The monoisotopic (exact) mass is 482 g/mol. The van der Waals surface area contributed by atoms with Crippen LogP contribution in [0.5, 0.6) is 0 Å². The maximum Gasteiger partial charge on any atom is 0.264 e. The molecule has 2 heterocycles. The molecular weight excluding hydrogens is 448 g/mol.